The second-order valence-corrected chi connectivity index (χ2v) is 7.58. The van der Waals surface area contributed by atoms with Crippen molar-refractivity contribution in [1.29, 1.82) is 0 Å². The lowest BCUT2D eigenvalue weighted by molar-refractivity contribution is 0.0949. The van der Waals surface area contributed by atoms with Crippen molar-refractivity contribution in [2.75, 3.05) is 31.5 Å². The molecule has 1 fully saturated rings. The van der Waals surface area contributed by atoms with Gasteiger partial charge in [-0.15, -0.1) is 10.2 Å². The van der Waals surface area contributed by atoms with E-state index in [-0.39, 0.29) is 21.8 Å². The third kappa shape index (κ3) is 6.11. The van der Waals surface area contributed by atoms with Gasteiger partial charge in [0.1, 0.15) is 0 Å². The van der Waals surface area contributed by atoms with Crippen molar-refractivity contribution in [2.45, 2.75) is 32.1 Å². The molecule has 3 rings (SSSR count). The number of likely N-dealkylation sites (tertiary alicyclic amines) is 1. The quantitative estimate of drug-likeness (QED) is 0.714. The Bertz CT molecular complexity index is 742. The maximum atomic E-state index is 12.2. The van der Waals surface area contributed by atoms with Gasteiger partial charge in [-0.3, -0.25) is 9.59 Å². The van der Waals surface area contributed by atoms with Crippen LogP contribution >= 0.6 is 11.3 Å². The van der Waals surface area contributed by atoms with Crippen LogP contribution in [-0.2, 0) is 0 Å². The molecule has 1 aliphatic heterocycles. The number of nitrogens with zero attached hydrogens (tertiary/aromatic N) is 3. The van der Waals surface area contributed by atoms with Crippen LogP contribution < -0.4 is 10.6 Å². The van der Waals surface area contributed by atoms with Crippen LogP contribution in [0.1, 0.15) is 51.7 Å². The van der Waals surface area contributed by atoms with Crippen LogP contribution in [0.3, 0.4) is 0 Å². The lowest BCUT2D eigenvalue weighted by atomic mass is 10.2. The zero-order chi connectivity index (χ0) is 18.9. The molecule has 1 aliphatic rings. The number of carbonyl (C=O) groups is 2. The van der Waals surface area contributed by atoms with Gasteiger partial charge in [0.25, 0.3) is 11.8 Å². The van der Waals surface area contributed by atoms with Gasteiger partial charge in [0.15, 0.2) is 0 Å². The second kappa shape index (κ2) is 10.1. The zero-order valence-corrected chi connectivity index (χ0v) is 16.1. The van der Waals surface area contributed by atoms with Gasteiger partial charge in [-0.05, 0) is 51.0 Å². The Morgan fingerprint density at radius 3 is 2.33 bits per heavy atom. The summed E-state index contributed by atoms with van der Waals surface area (Å²) in [7, 11) is 0. The summed E-state index contributed by atoms with van der Waals surface area (Å²) in [6.45, 7) is 3.91. The first-order chi connectivity index (χ1) is 13.2. The summed E-state index contributed by atoms with van der Waals surface area (Å²) in [6.07, 6.45) is 6.09. The Morgan fingerprint density at radius 1 is 0.963 bits per heavy atom. The molecule has 0 bridgehead atoms. The molecule has 0 atom stereocenters. The number of hydrogen-bond acceptors (Lipinski definition) is 6. The fourth-order valence-corrected chi connectivity index (χ4v) is 3.71. The largest absolute Gasteiger partial charge is 0.350 e. The standard InChI is InChI=1S/C19H25N5O2S/c25-16(20-11-8-14-24-12-6-1-2-7-13-24)18-22-23-19(27-18)17(26)21-15-9-4-3-5-10-15/h3-5,9-10H,1-2,6-8,11-14H2,(H,20,25)(H,21,26). The number of nitrogens with one attached hydrogen (secondary N) is 2. The summed E-state index contributed by atoms with van der Waals surface area (Å²) in [6, 6.07) is 9.12. The van der Waals surface area contributed by atoms with E-state index in [2.05, 4.69) is 25.7 Å². The van der Waals surface area contributed by atoms with Crippen molar-refractivity contribution < 1.29 is 9.59 Å². The van der Waals surface area contributed by atoms with Crippen LogP contribution in [0.5, 0.6) is 0 Å². The first-order valence-corrected chi connectivity index (χ1v) is 10.2. The van der Waals surface area contributed by atoms with E-state index in [1.54, 1.807) is 12.1 Å². The fraction of sp³-hybridized carbons (Fsp3) is 0.474. The van der Waals surface area contributed by atoms with E-state index in [1.807, 2.05) is 18.2 Å². The van der Waals surface area contributed by atoms with E-state index in [0.29, 0.717) is 12.2 Å². The summed E-state index contributed by atoms with van der Waals surface area (Å²) >= 11 is 1.00. The van der Waals surface area contributed by atoms with E-state index in [1.165, 1.54) is 25.7 Å². The molecule has 2 amide bonds. The lowest BCUT2D eigenvalue weighted by Gasteiger charge is -2.19. The van der Waals surface area contributed by atoms with Crippen molar-refractivity contribution in [1.82, 2.24) is 20.4 Å². The minimum atomic E-state index is -0.362. The highest BCUT2D eigenvalue weighted by atomic mass is 32.1. The summed E-state index contributed by atoms with van der Waals surface area (Å²) < 4.78 is 0. The van der Waals surface area contributed by atoms with Gasteiger partial charge < -0.3 is 15.5 Å². The first-order valence-electron chi connectivity index (χ1n) is 9.43. The second-order valence-electron chi connectivity index (χ2n) is 6.60. The molecule has 0 saturated carbocycles. The van der Waals surface area contributed by atoms with Gasteiger partial charge in [0.05, 0.1) is 0 Å². The first kappa shape index (κ1) is 19.4. The van der Waals surface area contributed by atoms with Gasteiger partial charge >= 0.3 is 0 Å². The molecule has 144 valence electrons. The van der Waals surface area contributed by atoms with Gasteiger partial charge in [0.2, 0.25) is 10.0 Å². The molecule has 0 radical (unpaired) electrons. The lowest BCUT2D eigenvalue weighted by Crippen LogP contribution is -2.30. The van der Waals surface area contributed by atoms with Crippen LogP contribution in [0.15, 0.2) is 30.3 Å². The van der Waals surface area contributed by atoms with Gasteiger partial charge in [0, 0.05) is 12.2 Å². The summed E-state index contributed by atoms with van der Waals surface area (Å²) in [4.78, 5) is 26.8. The number of para-hydroxylation sites is 1. The molecular weight excluding hydrogens is 362 g/mol. The molecular formula is C19H25N5O2S. The minimum Gasteiger partial charge on any atom is -0.350 e. The summed E-state index contributed by atoms with van der Waals surface area (Å²) in [5.74, 6) is -0.638. The molecule has 2 heterocycles. The molecule has 1 aromatic heterocycles. The summed E-state index contributed by atoms with van der Waals surface area (Å²) in [5.41, 5.74) is 0.678. The molecule has 8 heteroatoms. The monoisotopic (exact) mass is 387 g/mol. The fourth-order valence-electron chi connectivity index (χ4n) is 3.05. The highest BCUT2D eigenvalue weighted by molar-refractivity contribution is 7.15. The van der Waals surface area contributed by atoms with Crippen LogP contribution in [0.4, 0.5) is 5.69 Å². The Labute approximate surface area is 163 Å². The van der Waals surface area contributed by atoms with Crippen LogP contribution in [0.25, 0.3) is 0 Å². The smallest absolute Gasteiger partial charge is 0.286 e. The average molecular weight is 388 g/mol. The maximum Gasteiger partial charge on any atom is 0.286 e. The minimum absolute atomic E-state index is 0.175. The SMILES string of the molecule is O=C(NCCCN1CCCCCC1)c1nnc(C(=O)Nc2ccccc2)s1. The van der Waals surface area contributed by atoms with Crippen molar-refractivity contribution in [3.05, 3.63) is 40.3 Å². The molecule has 27 heavy (non-hydrogen) atoms. The van der Waals surface area contributed by atoms with E-state index < -0.39 is 0 Å². The van der Waals surface area contributed by atoms with Crippen LogP contribution in [-0.4, -0.2) is 53.1 Å². The maximum absolute atomic E-state index is 12.2. The number of hydrogen-bond donors (Lipinski definition) is 2. The number of benzene rings is 1. The predicted molar refractivity (Wildman–Crippen MR) is 106 cm³/mol. The topological polar surface area (TPSA) is 87.2 Å². The normalized spacial score (nSPS) is 15.1. The Hall–Kier alpha value is -2.32. The van der Waals surface area contributed by atoms with Crippen molar-refractivity contribution in [3.8, 4) is 0 Å². The third-order valence-corrected chi connectivity index (χ3v) is 5.40. The molecule has 0 unspecified atom stereocenters. The molecule has 1 saturated heterocycles. The number of amides is 2. The van der Waals surface area contributed by atoms with E-state index in [0.717, 1.165) is 37.4 Å². The Kier molecular flexibility index (Phi) is 7.29. The van der Waals surface area contributed by atoms with Crippen molar-refractivity contribution >= 4 is 28.8 Å². The van der Waals surface area contributed by atoms with E-state index >= 15 is 0 Å². The van der Waals surface area contributed by atoms with Gasteiger partial charge in [-0.2, -0.15) is 0 Å². The average Bonchev–Trinajstić information content (AvgIpc) is 3.04. The number of aromatic nitrogens is 2. The van der Waals surface area contributed by atoms with Gasteiger partial charge in [-0.25, -0.2) is 0 Å². The molecule has 0 spiro atoms. The number of carbonyl (C=O) groups excluding carboxylic acids is 2. The van der Waals surface area contributed by atoms with Gasteiger partial charge in [-0.1, -0.05) is 42.4 Å². The van der Waals surface area contributed by atoms with E-state index in [4.69, 9.17) is 0 Å². The zero-order valence-electron chi connectivity index (χ0n) is 15.3. The van der Waals surface area contributed by atoms with Crippen molar-refractivity contribution in [3.63, 3.8) is 0 Å². The highest BCUT2D eigenvalue weighted by Crippen LogP contribution is 2.13. The van der Waals surface area contributed by atoms with E-state index in [9.17, 15) is 9.59 Å². The Morgan fingerprint density at radius 2 is 1.63 bits per heavy atom. The summed E-state index contributed by atoms with van der Waals surface area (Å²) in [5, 5.41) is 13.7. The highest BCUT2D eigenvalue weighted by Gasteiger charge is 2.17. The van der Waals surface area contributed by atoms with Crippen LogP contribution in [0.2, 0.25) is 0 Å². The predicted octanol–water partition coefficient (Wildman–Crippen LogP) is 2.79. The van der Waals surface area contributed by atoms with Crippen molar-refractivity contribution in [2.24, 2.45) is 0 Å². The third-order valence-electron chi connectivity index (χ3n) is 4.48. The molecule has 0 aliphatic carbocycles. The molecule has 1 aromatic carbocycles. The molecule has 2 N–H and O–H groups in total. The molecule has 2 aromatic rings. The molecule has 7 nitrogen and oxygen atoms in total. The number of anilines is 1. The number of rotatable bonds is 7. The van der Waals surface area contributed by atoms with Crippen LogP contribution in [0, 0.1) is 0 Å². The Balaban J connectivity index is 1.42.